The molecule has 1 heterocycles. The number of hydrogen-bond donors (Lipinski definition) is 2. The van der Waals surface area contributed by atoms with Gasteiger partial charge in [-0.25, -0.2) is 0 Å². The van der Waals surface area contributed by atoms with Gasteiger partial charge in [0.2, 0.25) is 5.91 Å². The molecule has 1 aromatic heterocycles. The van der Waals surface area contributed by atoms with Crippen LogP contribution in [0.2, 0.25) is 0 Å². The average molecular weight is 223 g/mol. The highest BCUT2D eigenvalue weighted by atomic mass is 16.2. The van der Waals surface area contributed by atoms with E-state index in [9.17, 15) is 4.79 Å². The van der Waals surface area contributed by atoms with E-state index in [1.165, 1.54) is 0 Å². The summed E-state index contributed by atoms with van der Waals surface area (Å²) in [4.78, 5) is 11.8. The van der Waals surface area contributed by atoms with Gasteiger partial charge in [-0.2, -0.15) is 0 Å². The molecular formula is C12H21N3O. The fourth-order valence-electron chi connectivity index (χ4n) is 1.67. The molecule has 1 amide bonds. The normalized spacial score (nSPS) is 12.5. The van der Waals surface area contributed by atoms with Crippen LogP contribution >= 0.6 is 0 Å². The van der Waals surface area contributed by atoms with Crippen LogP contribution < -0.4 is 11.2 Å². The first-order valence-electron chi connectivity index (χ1n) is 5.73. The first-order valence-corrected chi connectivity index (χ1v) is 5.73. The van der Waals surface area contributed by atoms with Gasteiger partial charge in [0.15, 0.2) is 0 Å². The van der Waals surface area contributed by atoms with Gasteiger partial charge in [0.05, 0.1) is 0 Å². The number of hydrogen-bond acceptors (Lipinski definition) is 2. The fourth-order valence-corrected chi connectivity index (χ4v) is 1.67. The first kappa shape index (κ1) is 12.8. The largest absolute Gasteiger partial charge is 0.330 e. The van der Waals surface area contributed by atoms with Gasteiger partial charge in [-0.3, -0.25) is 14.9 Å². The Morgan fingerprint density at radius 3 is 2.44 bits per heavy atom. The van der Waals surface area contributed by atoms with Crippen molar-refractivity contribution in [3.63, 3.8) is 0 Å². The molecule has 0 aliphatic carbocycles. The van der Waals surface area contributed by atoms with Gasteiger partial charge in [-0.05, 0) is 38.4 Å². The summed E-state index contributed by atoms with van der Waals surface area (Å²) < 4.78 is 1.81. The Balaban J connectivity index is 2.58. The van der Waals surface area contributed by atoms with E-state index < -0.39 is 0 Å². The van der Waals surface area contributed by atoms with Gasteiger partial charge in [0.25, 0.3) is 0 Å². The number of aromatic nitrogens is 1. The lowest BCUT2D eigenvalue weighted by Gasteiger charge is -2.14. The molecule has 0 aliphatic heterocycles. The molecule has 0 aliphatic rings. The van der Waals surface area contributed by atoms with Crippen molar-refractivity contribution < 1.29 is 4.79 Å². The molecule has 1 aromatic rings. The van der Waals surface area contributed by atoms with Crippen LogP contribution in [-0.4, -0.2) is 17.1 Å². The van der Waals surface area contributed by atoms with Crippen molar-refractivity contribution in [2.45, 2.75) is 33.6 Å². The number of rotatable bonds is 5. The molecule has 0 spiro atoms. The summed E-state index contributed by atoms with van der Waals surface area (Å²) in [6.45, 7) is 6.55. The van der Waals surface area contributed by atoms with Crippen molar-refractivity contribution in [2.75, 3.05) is 12.0 Å². The minimum absolute atomic E-state index is 0.0275. The number of carbonyl (C=O) groups excluding carboxylic acids is 1. The Hall–Kier alpha value is -1.29. The third-order valence-electron chi connectivity index (χ3n) is 2.89. The van der Waals surface area contributed by atoms with E-state index in [1.807, 2.05) is 30.7 Å². The zero-order valence-corrected chi connectivity index (χ0v) is 10.3. The zero-order chi connectivity index (χ0) is 12.1. The van der Waals surface area contributed by atoms with Crippen LogP contribution in [-0.2, 0) is 4.79 Å². The van der Waals surface area contributed by atoms with Crippen molar-refractivity contribution in [1.82, 2.24) is 4.68 Å². The molecule has 0 saturated carbocycles. The maximum Gasteiger partial charge on any atom is 0.239 e. The molecule has 4 nitrogen and oxygen atoms in total. The van der Waals surface area contributed by atoms with Gasteiger partial charge in [-0.15, -0.1) is 0 Å². The third-order valence-corrected chi connectivity index (χ3v) is 2.89. The number of carbonyl (C=O) groups is 1. The molecule has 16 heavy (non-hydrogen) atoms. The van der Waals surface area contributed by atoms with E-state index in [2.05, 4.69) is 12.3 Å². The lowest BCUT2D eigenvalue weighted by molar-refractivity contribution is -0.118. The molecule has 1 rings (SSSR count). The quantitative estimate of drug-likeness (QED) is 0.795. The van der Waals surface area contributed by atoms with Crippen molar-refractivity contribution in [2.24, 2.45) is 11.7 Å². The summed E-state index contributed by atoms with van der Waals surface area (Å²) in [5.74, 6) is 0.302. The Bertz CT molecular complexity index is 334. The lowest BCUT2D eigenvalue weighted by Crippen LogP contribution is -2.28. The number of nitrogens with two attached hydrogens (primary N) is 1. The number of nitrogens with zero attached hydrogens (tertiary/aromatic N) is 1. The van der Waals surface area contributed by atoms with Crippen LogP contribution in [0.25, 0.3) is 0 Å². The highest BCUT2D eigenvalue weighted by molar-refractivity contribution is 5.84. The molecule has 0 bridgehead atoms. The van der Waals surface area contributed by atoms with Gasteiger partial charge in [-0.1, -0.05) is 13.3 Å². The second-order valence-electron chi connectivity index (χ2n) is 4.20. The molecule has 0 saturated heterocycles. The number of amides is 1. The van der Waals surface area contributed by atoms with Crippen LogP contribution in [0.5, 0.6) is 0 Å². The Morgan fingerprint density at radius 2 is 2.00 bits per heavy atom. The third kappa shape index (κ3) is 3.10. The van der Waals surface area contributed by atoms with Crippen LogP contribution in [0, 0.1) is 19.8 Å². The highest BCUT2D eigenvalue weighted by Crippen LogP contribution is 2.08. The van der Waals surface area contributed by atoms with E-state index >= 15 is 0 Å². The van der Waals surface area contributed by atoms with E-state index in [0.29, 0.717) is 13.0 Å². The van der Waals surface area contributed by atoms with Crippen LogP contribution in [0.1, 0.15) is 31.2 Å². The minimum Gasteiger partial charge on any atom is -0.330 e. The van der Waals surface area contributed by atoms with Gasteiger partial charge >= 0.3 is 0 Å². The molecule has 0 aromatic carbocycles. The topological polar surface area (TPSA) is 60.1 Å². The molecule has 4 heteroatoms. The Labute approximate surface area is 96.8 Å². The monoisotopic (exact) mass is 223 g/mol. The second-order valence-corrected chi connectivity index (χ2v) is 4.20. The minimum atomic E-state index is 0.0275. The van der Waals surface area contributed by atoms with Gasteiger partial charge in [0.1, 0.15) is 0 Å². The maximum atomic E-state index is 11.8. The van der Waals surface area contributed by atoms with Gasteiger partial charge < -0.3 is 5.73 Å². The second kappa shape index (κ2) is 5.70. The summed E-state index contributed by atoms with van der Waals surface area (Å²) in [5, 5.41) is 0. The van der Waals surface area contributed by atoms with Crippen molar-refractivity contribution in [3.05, 3.63) is 23.5 Å². The smallest absolute Gasteiger partial charge is 0.239 e. The average Bonchev–Trinajstić information content (AvgIpc) is 2.57. The summed E-state index contributed by atoms with van der Waals surface area (Å²) in [6.07, 6.45) is 1.43. The highest BCUT2D eigenvalue weighted by Gasteiger charge is 2.11. The van der Waals surface area contributed by atoms with Crippen LogP contribution in [0.4, 0.5) is 0 Å². The molecule has 1 unspecified atom stereocenters. The summed E-state index contributed by atoms with van der Waals surface area (Å²) in [7, 11) is 0. The zero-order valence-electron chi connectivity index (χ0n) is 10.3. The fraction of sp³-hybridized carbons (Fsp3) is 0.583. The summed E-state index contributed by atoms with van der Waals surface area (Å²) in [6, 6.07) is 3.96. The molecule has 90 valence electrons. The van der Waals surface area contributed by atoms with Crippen molar-refractivity contribution >= 4 is 5.91 Å². The van der Waals surface area contributed by atoms with Crippen LogP contribution in [0.3, 0.4) is 0 Å². The van der Waals surface area contributed by atoms with Crippen molar-refractivity contribution in [1.29, 1.82) is 0 Å². The number of nitrogens with one attached hydrogen (secondary N) is 1. The lowest BCUT2D eigenvalue weighted by atomic mass is 10.0. The Kier molecular flexibility index (Phi) is 4.55. The molecule has 0 radical (unpaired) electrons. The molecule has 3 N–H and O–H groups in total. The first-order chi connectivity index (χ1) is 7.58. The number of aryl methyl sites for hydroxylation is 2. The molecule has 0 fully saturated rings. The maximum absolute atomic E-state index is 11.8. The summed E-state index contributed by atoms with van der Waals surface area (Å²) in [5.41, 5.74) is 10.5. The predicted molar refractivity (Wildman–Crippen MR) is 65.7 cm³/mol. The molecular weight excluding hydrogens is 202 g/mol. The van der Waals surface area contributed by atoms with E-state index in [0.717, 1.165) is 17.8 Å². The van der Waals surface area contributed by atoms with Crippen LogP contribution in [0.15, 0.2) is 12.1 Å². The van der Waals surface area contributed by atoms with E-state index in [-0.39, 0.29) is 11.8 Å². The standard InChI is InChI=1S/C12H21N3O/c1-4-11(8-13)7-12(16)14-15-9(2)5-6-10(15)3/h5-6,11H,4,7-8,13H2,1-3H3,(H,14,16). The van der Waals surface area contributed by atoms with Gasteiger partial charge in [0, 0.05) is 17.8 Å². The SMILES string of the molecule is CCC(CN)CC(=O)Nn1c(C)ccc1C. The Morgan fingerprint density at radius 1 is 1.44 bits per heavy atom. The van der Waals surface area contributed by atoms with Crippen molar-refractivity contribution in [3.8, 4) is 0 Å². The molecule has 1 atom stereocenters. The van der Waals surface area contributed by atoms with E-state index in [1.54, 1.807) is 0 Å². The van der Waals surface area contributed by atoms with E-state index in [4.69, 9.17) is 5.73 Å². The predicted octanol–water partition coefficient (Wildman–Crippen LogP) is 1.55. The summed E-state index contributed by atoms with van der Waals surface area (Å²) >= 11 is 0.